The van der Waals surface area contributed by atoms with Gasteiger partial charge in [-0.1, -0.05) is 0 Å². The molecule has 0 aliphatic heterocycles. The highest BCUT2D eigenvalue weighted by Gasteiger charge is 2.36. The van der Waals surface area contributed by atoms with Gasteiger partial charge in [0.25, 0.3) is 0 Å². The van der Waals surface area contributed by atoms with E-state index >= 15 is 0 Å². The summed E-state index contributed by atoms with van der Waals surface area (Å²) < 4.78 is 5.31. The number of methoxy groups -OCH3 is 1. The molecule has 0 bridgehead atoms. The summed E-state index contributed by atoms with van der Waals surface area (Å²) in [7, 11) is 1.69. The molecule has 2 rings (SSSR count). The number of aliphatic hydroxyl groups is 1. The monoisotopic (exact) mass is 208 g/mol. The van der Waals surface area contributed by atoms with Gasteiger partial charge in [-0.25, -0.2) is 9.97 Å². The highest BCUT2D eigenvalue weighted by Crippen LogP contribution is 2.37. The van der Waals surface area contributed by atoms with Crippen molar-refractivity contribution >= 4 is 0 Å². The first-order chi connectivity index (χ1) is 7.24. The summed E-state index contributed by atoms with van der Waals surface area (Å²) in [6.07, 6.45) is 8.39. The molecule has 1 fully saturated rings. The molecule has 0 radical (unpaired) electrons. The zero-order valence-corrected chi connectivity index (χ0v) is 8.89. The fourth-order valence-electron chi connectivity index (χ4n) is 2.21. The van der Waals surface area contributed by atoms with Crippen LogP contribution in [0.1, 0.15) is 31.2 Å². The van der Waals surface area contributed by atoms with E-state index in [1.807, 2.05) is 0 Å². The normalized spacial score (nSPS) is 31.5. The van der Waals surface area contributed by atoms with Gasteiger partial charge in [0.15, 0.2) is 0 Å². The molecule has 15 heavy (non-hydrogen) atoms. The Morgan fingerprint density at radius 3 is 2.87 bits per heavy atom. The molecule has 4 nitrogen and oxygen atoms in total. The van der Waals surface area contributed by atoms with Crippen LogP contribution in [-0.4, -0.2) is 28.3 Å². The Bertz CT molecular complexity index is 318. The fraction of sp³-hybridized carbons (Fsp3) is 0.636. The van der Waals surface area contributed by atoms with E-state index in [1.165, 1.54) is 6.33 Å². The molecular weight excluding hydrogens is 192 g/mol. The molecule has 1 N–H and O–H groups in total. The van der Waals surface area contributed by atoms with Gasteiger partial charge >= 0.3 is 0 Å². The first-order valence-corrected chi connectivity index (χ1v) is 5.25. The average Bonchev–Trinajstić information content (AvgIpc) is 2.30. The number of ether oxygens (including phenoxy) is 1. The Balaban J connectivity index is 2.19. The van der Waals surface area contributed by atoms with Crippen LogP contribution in [0.5, 0.6) is 0 Å². The second kappa shape index (κ2) is 4.24. The maximum absolute atomic E-state index is 10.5. The number of hydrogen-bond donors (Lipinski definition) is 1. The largest absolute Gasteiger partial charge is 0.385 e. The SMILES string of the molecule is COC1CCCC(O)(c2cncnc2)C1. The third kappa shape index (κ3) is 2.16. The van der Waals surface area contributed by atoms with Gasteiger partial charge in [0, 0.05) is 31.5 Å². The van der Waals surface area contributed by atoms with Crippen LogP contribution >= 0.6 is 0 Å². The lowest BCUT2D eigenvalue weighted by atomic mass is 9.79. The van der Waals surface area contributed by atoms with Crippen LogP contribution in [0, 0.1) is 0 Å². The Kier molecular flexibility index (Phi) is 2.98. The molecule has 1 saturated carbocycles. The lowest BCUT2D eigenvalue weighted by Crippen LogP contribution is -2.36. The molecule has 1 aliphatic rings. The van der Waals surface area contributed by atoms with Crippen molar-refractivity contribution in [3.8, 4) is 0 Å². The van der Waals surface area contributed by atoms with E-state index in [1.54, 1.807) is 19.5 Å². The summed E-state index contributed by atoms with van der Waals surface area (Å²) in [5, 5.41) is 10.5. The van der Waals surface area contributed by atoms with Gasteiger partial charge in [0.1, 0.15) is 6.33 Å². The van der Waals surface area contributed by atoms with Crippen LogP contribution in [-0.2, 0) is 10.3 Å². The van der Waals surface area contributed by atoms with E-state index in [0.29, 0.717) is 6.42 Å². The van der Waals surface area contributed by atoms with Crippen molar-refractivity contribution in [3.05, 3.63) is 24.3 Å². The lowest BCUT2D eigenvalue weighted by molar-refractivity contribution is -0.0635. The third-order valence-electron chi connectivity index (χ3n) is 3.11. The summed E-state index contributed by atoms with van der Waals surface area (Å²) >= 11 is 0. The maximum Gasteiger partial charge on any atom is 0.115 e. The topological polar surface area (TPSA) is 55.2 Å². The third-order valence-corrected chi connectivity index (χ3v) is 3.11. The second-order valence-corrected chi connectivity index (χ2v) is 4.11. The van der Waals surface area contributed by atoms with Crippen molar-refractivity contribution in [1.29, 1.82) is 0 Å². The molecule has 1 heterocycles. The predicted molar refractivity (Wildman–Crippen MR) is 55.2 cm³/mol. The number of hydrogen-bond acceptors (Lipinski definition) is 4. The molecule has 0 saturated heterocycles. The highest BCUT2D eigenvalue weighted by atomic mass is 16.5. The molecule has 1 aliphatic carbocycles. The van der Waals surface area contributed by atoms with Crippen LogP contribution in [0.25, 0.3) is 0 Å². The summed E-state index contributed by atoms with van der Waals surface area (Å²) in [5.74, 6) is 0. The van der Waals surface area contributed by atoms with Gasteiger partial charge in [0.2, 0.25) is 0 Å². The molecule has 1 aromatic rings. The zero-order valence-electron chi connectivity index (χ0n) is 8.89. The Morgan fingerprint density at radius 1 is 1.47 bits per heavy atom. The molecule has 0 amide bonds. The van der Waals surface area contributed by atoms with Gasteiger partial charge in [0.05, 0.1) is 11.7 Å². The van der Waals surface area contributed by atoms with Crippen LogP contribution in [0.15, 0.2) is 18.7 Å². The van der Waals surface area contributed by atoms with Crippen LogP contribution in [0.3, 0.4) is 0 Å². The average molecular weight is 208 g/mol. The highest BCUT2D eigenvalue weighted by molar-refractivity contribution is 5.15. The van der Waals surface area contributed by atoms with Crippen molar-refractivity contribution in [1.82, 2.24) is 9.97 Å². The zero-order chi connectivity index (χ0) is 10.7. The molecular formula is C11H16N2O2. The molecule has 1 aromatic heterocycles. The number of aromatic nitrogens is 2. The number of nitrogens with zero attached hydrogens (tertiary/aromatic N) is 2. The van der Waals surface area contributed by atoms with Crippen LogP contribution in [0.2, 0.25) is 0 Å². The molecule has 0 spiro atoms. The molecule has 82 valence electrons. The molecule has 4 heteroatoms. The number of rotatable bonds is 2. The van der Waals surface area contributed by atoms with E-state index in [4.69, 9.17) is 4.74 Å². The minimum Gasteiger partial charge on any atom is -0.385 e. The van der Waals surface area contributed by atoms with Gasteiger partial charge in [-0.3, -0.25) is 0 Å². The quantitative estimate of drug-likeness (QED) is 0.794. The lowest BCUT2D eigenvalue weighted by Gasteiger charge is -2.36. The summed E-state index contributed by atoms with van der Waals surface area (Å²) in [5.41, 5.74) is -0.00745. The van der Waals surface area contributed by atoms with Crippen LogP contribution in [0.4, 0.5) is 0 Å². The minimum atomic E-state index is -0.805. The standard InChI is InChI=1S/C11H16N2O2/c1-15-10-3-2-4-11(14,5-10)9-6-12-8-13-7-9/h6-8,10,14H,2-5H2,1H3. The van der Waals surface area contributed by atoms with Crippen molar-refractivity contribution in [2.24, 2.45) is 0 Å². The smallest absolute Gasteiger partial charge is 0.115 e. The molecule has 2 unspecified atom stereocenters. The van der Waals surface area contributed by atoms with Gasteiger partial charge in [-0.2, -0.15) is 0 Å². The van der Waals surface area contributed by atoms with E-state index in [9.17, 15) is 5.11 Å². The van der Waals surface area contributed by atoms with Gasteiger partial charge < -0.3 is 9.84 Å². The molecule has 0 aromatic carbocycles. The van der Waals surface area contributed by atoms with E-state index in [-0.39, 0.29) is 6.10 Å². The van der Waals surface area contributed by atoms with Gasteiger partial charge in [-0.15, -0.1) is 0 Å². The van der Waals surface area contributed by atoms with Crippen molar-refractivity contribution in [2.75, 3.05) is 7.11 Å². The van der Waals surface area contributed by atoms with Crippen molar-refractivity contribution < 1.29 is 9.84 Å². The predicted octanol–water partition coefficient (Wildman–Crippen LogP) is 1.25. The Morgan fingerprint density at radius 2 is 2.20 bits per heavy atom. The second-order valence-electron chi connectivity index (χ2n) is 4.11. The van der Waals surface area contributed by atoms with E-state index < -0.39 is 5.60 Å². The van der Waals surface area contributed by atoms with Crippen LogP contribution < -0.4 is 0 Å². The summed E-state index contributed by atoms with van der Waals surface area (Å²) in [6.45, 7) is 0. The first kappa shape index (κ1) is 10.5. The Labute approximate surface area is 89.3 Å². The van der Waals surface area contributed by atoms with E-state index in [2.05, 4.69) is 9.97 Å². The van der Waals surface area contributed by atoms with E-state index in [0.717, 1.165) is 24.8 Å². The fourth-order valence-corrected chi connectivity index (χ4v) is 2.21. The Hall–Kier alpha value is -1.00. The van der Waals surface area contributed by atoms with Crippen molar-refractivity contribution in [3.63, 3.8) is 0 Å². The first-order valence-electron chi connectivity index (χ1n) is 5.25. The summed E-state index contributed by atoms with van der Waals surface area (Å²) in [6, 6.07) is 0. The van der Waals surface area contributed by atoms with Gasteiger partial charge in [-0.05, 0) is 19.3 Å². The molecule has 2 atom stereocenters. The summed E-state index contributed by atoms with van der Waals surface area (Å²) in [4.78, 5) is 7.89. The van der Waals surface area contributed by atoms with Crippen molar-refractivity contribution in [2.45, 2.75) is 37.4 Å². The maximum atomic E-state index is 10.5. The minimum absolute atomic E-state index is 0.143.